The molecule has 4 aromatic carbocycles. The predicted molar refractivity (Wildman–Crippen MR) is 184 cm³/mol. The van der Waals surface area contributed by atoms with Gasteiger partial charge in [-0.2, -0.15) is 26.3 Å². The van der Waals surface area contributed by atoms with Gasteiger partial charge in [0, 0.05) is 12.0 Å². The number of rotatable bonds is 14. The molecule has 3 N–H and O–H groups in total. The lowest BCUT2D eigenvalue weighted by Gasteiger charge is -2.18. The van der Waals surface area contributed by atoms with Crippen molar-refractivity contribution in [1.82, 2.24) is 0 Å². The van der Waals surface area contributed by atoms with Gasteiger partial charge in [0.05, 0.1) is 32.4 Å². The zero-order valence-corrected chi connectivity index (χ0v) is 30.5. The van der Waals surface area contributed by atoms with Crippen molar-refractivity contribution in [3.05, 3.63) is 118 Å². The molecule has 1 unspecified atom stereocenters. The van der Waals surface area contributed by atoms with Crippen LogP contribution < -0.4 is 9.47 Å². The van der Waals surface area contributed by atoms with Crippen LogP contribution in [0.4, 0.5) is 26.3 Å². The molecule has 4 aromatic rings. The van der Waals surface area contributed by atoms with E-state index in [9.17, 15) is 57.9 Å². The van der Waals surface area contributed by atoms with Gasteiger partial charge in [0.2, 0.25) is 0 Å². The number of sulfone groups is 2. The Bertz CT molecular complexity index is 2190. The van der Waals surface area contributed by atoms with Crippen molar-refractivity contribution in [2.45, 2.75) is 48.5 Å². The molecule has 298 valence electrons. The molecule has 0 bridgehead atoms. The van der Waals surface area contributed by atoms with Gasteiger partial charge in [0.15, 0.2) is 32.9 Å². The van der Waals surface area contributed by atoms with Gasteiger partial charge >= 0.3 is 24.3 Å². The van der Waals surface area contributed by atoms with Crippen molar-refractivity contribution in [2.24, 2.45) is 0 Å². The average molecular weight is 821 g/mol. The Labute approximate surface area is 311 Å². The first-order chi connectivity index (χ1) is 25.5. The van der Waals surface area contributed by atoms with Crippen LogP contribution in [0.3, 0.4) is 0 Å². The smallest absolute Gasteiger partial charge is 0.416 e. The molecule has 0 heterocycles. The second-order valence-electron chi connectivity index (χ2n) is 11.5. The highest BCUT2D eigenvalue weighted by molar-refractivity contribution is 7.91. The number of ether oxygens (including phenoxy) is 2. The summed E-state index contributed by atoms with van der Waals surface area (Å²) in [5.41, 5.74) is -1.39. The summed E-state index contributed by atoms with van der Waals surface area (Å²) in [5, 5.41) is 28.0. The number of alkyl halides is 6. The summed E-state index contributed by atoms with van der Waals surface area (Å²) in [6.45, 7) is 1.48. The highest BCUT2D eigenvalue weighted by atomic mass is 32.2. The summed E-state index contributed by atoms with van der Waals surface area (Å²) < 4.78 is 135. The zero-order valence-electron chi connectivity index (χ0n) is 28.9. The normalized spacial score (nSPS) is 12.6. The Morgan fingerprint density at radius 3 is 1.49 bits per heavy atom. The maximum absolute atomic E-state index is 13.0. The second-order valence-corrected chi connectivity index (χ2v) is 16.1. The minimum atomic E-state index is -4.68. The van der Waals surface area contributed by atoms with Gasteiger partial charge in [-0.15, -0.1) is 0 Å². The van der Waals surface area contributed by atoms with E-state index in [1.54, 1.807) is 0 Å². The number of halogens is 6. The third-order valence-corrected chi connectivity index (χ3v) is 11.2. The number of hydrogen-bond donors (Lipinski definition) is 3. The summed E-state index contributed by atoms with van der Waals surface area (Å²) in [5.74, 6) is -2.99. The Morgan fingerprint density at radius 2 is 1.05 bits per heavy atom. The lowest BCUT2D eigenvalue weighted by molar-refractivity contribution is -0.140. The molecule has 0 amide bonds. The van der Waals surface area contributed by atoms with Crippen LogP contribution in [-0.4, -0.2) is 68.8 Å². The van der Waals surface area contributed by atoms with E-state index in [1.807, 2.05) is 0 Å². The largest absolute Gasteiger partial charge is 0.482 e. The molecule has 1 atom stereocenters. The van der Waals surface area contributed by atoms with Crippen LogP contribution in [0, 0.1) is 0 Å². The molecule has 0 fully saturated rings. The quantitative estimate of drug-likeness (QED) is 0.117. The highest BCUT2D eigenvalue weighted by Crippen LogP contribution is 2.37. The second kappa shape index (κ2) is 18.0. The van der Waals surface area contributed by atoms with Crippen molar-refractivity contribution in [2.75, 3.05) is 24.7 Å². The molecule has 0 saturated heterocycles. The number of carbonyl (C=O) groups is 2. The van der Waals surface area contributed by atoms with Crippen molar-refractivity contribution in [3.8, 4) is 11.5 Å². The highest BCUT2D eigenvalue weighted by Gasteiger charge is 2.33. The summed E-state index contributed by atoms with van der Waals surface area (Å²) in [6, 6.07) is 15.9. The van der Waals surface area contributed by atoms with Crippen LogP contribution in [-0.2, 0) is 48.0 Å². The maximum atomic E-state index is 13.0. The molecule has 0 aliphatic carbocycles. The third-order valence-electron chi connectivity index (χ3n) is 7.71. The Morgan fingerprint density at radius 1 is 0.636 bits per heavy atom. The molecule has 0 radical (unpaired) electrons. The van der Waals surface area contributed by atoms with Crippen molar-refractivity contribution in [1.29, 1.82) is 0 Å². The first kappa shape index (κ1) is 44.3. The van der Waals surface area contributed by atoms with Crippen molar-refractivity contribution < 1.29 is 77.6 Å². The average Bonchev–Trinajstić information content (AvgIpc) is 3.12. The monoisotopic (exact) mass is 820 g/mol. The number of aliphatic hydroxyl groups excluding tert-OH is 1. The van der Waals surface area contributed by atoms with Gasteiger partial charge < -0.3 is 24.8 Å². The van der Waals surface area contributed by atoms with Crippen LogP contribution in [0.25, 0.3) is 0 Å². The maximum Gasteiger partial charge on any atom is 0.416 e. The molecular formula is C36H34F6O11S2. The van der Waals surface area contributed by atoms with E-state index in [0.29, 0.717) is 17.7 Å². The Balaban J connectivity index is 0.000000296. The van der Waals surface area contributed by atoms with Crippen LogP contribution in [0.1, 0.15) is 53.3 Å². The fourth-order valence-corrected chi connectivity index (χ4v) is 6.56. The summed E-state index contributed by atoms with van der Waals surface area (Å²) in [7, 11) is -6.86. The van der Waals surface area contributed by atoms with E-state index >= 15 is 0 Å². The fourth-order valence-electron chi connectivity index (χ4n) is 4.79. The fraction of sp³-hybridized carbons (Fsp3) is 0.278. The first-order valence-electron chi connectivity index (χ1n) is 15.9. The number of aliphatic carboxylic acids is 2. The van der Waals surface area contributed by atoms with Gasteiger partial charge in [-0.3, -0.25) is 0 Å². The van der Waals surface area contributed by atoms with E-state index in [-0.39, 0.29) is 55.9 Å². The van der Waals surface area contributed by atoms with Crippen LogP contribution in [0.15, 0.2) is 94.7 Å². The molecule has 0 saturated carbocycles. The molecule has 11 nitrogen and oxygen atoms in total. The minimum absolute atomic E-state index is 0.0114. The van der Waals surface area contributed by atoms with E-state index in [1.165, 1.54) is 62.4 Å². The first-order valence-corrected chi connectivity index (χ1v) is 19.2. The third kappa shape index (κ3) is 12.4. The summed E-state index contributed by atoms with van der Waals surface area (Å²) in [4.78, 5) is 21.5. The lowest BCUT2D eigenvalue weighted by Crippen LogP contribution is -2.14. The molecule has 55 heavy (non-hydrogen) atoms. The number of aliphatic hydroxyl groups is 1. The summed E-state index contributed by atoms with van der Waals surface area (Å²) >= 11 is 0. The topological polar surface area (TPSA) is 182 Å². The van der Waals surface area contributed by atoms with E-state index < -0.39 is 74.4 Å². The molecule has 0 aliphatic heterocycles. The molecule has 0 aliphatic rings. The van der Waals surface area contributed by atoms with Crippen LogP contribution in [0.2, 0.25) is 0 Å². The molecular weight excluding hydrogens is 787 g/mol. The Kier molecular flexibility index (Phi) is 14.5. The molecule has 0 aromatic heterocycles. The van der Waals surface area contributed by atoms with Gasteiger partial charge in [0.25, 0.3) is 0 Å². The van der Waals surface area contributed by atoms with E-state index in [0.717, 1.165) is 24.3 Å². The van der Waals surface area contributed by atoms with Gasteiger partial charge in [0.1, 0.15) is 17.6 Å². The standard InChI is InChI=1S/C18H17F3O6S.C18H17F3O5S/c1-2-28(25,26)13-6-3-11(4-7-13)17(24)14-9-12(18(19,20)21)5-8-15(14)27-10-16(22)23;1-2-27(24,25)15-6-3-12(4-7-15)9-13-10-14(18(19,20)21)5-8-16(13)26-11-17(22)23/h3-9,17,24H,2,10H2,1H3,(H,22,23);3-8,10H,2,9,11H2,1H3,(H,22,23). The van der Waals surface area contributed by atoms with Gasteiger partial charge in [-0.1, -0.05) is 38.1 Å². The molecule has 19 heteroatoms. The number of benzene rings is 4. The number of hydrogen-bond acceptors (Lipinski definition) is 9. The van der Waals surface area contributed by atoms with Crippen LogP contribution in [0.5, 0.6) is 11.5 Å². The number of carboxylic acids is 2. The van der Waals surface area contributed by atoms with E-state index in [2.05, 4.69) is 0 Å². The SMILES string of the molecule is CCS(=O)(=O)c1ccc(C(O)c2cc(C(F)(F)F)ccc2OCC(=O)O)cc1.CCS(=O)(=O)c1ccc(Cc2cc(C(F)(F)F)ccc2OCC(=O)O)cc1. The van der Waals surface area contributed by atoms with Crippen LogP contribution >= 0.6 is 0 Å². The molecule has 0 spiro atoms. The van der Waals surface area contributed by atoms with Gasteiger partial charge in [-0.05, 0) is 77.4 Å². The van der Waals surface area contributed by atoms with E-state index in [4.69, 9.17) is 19.7 Å². The van der Waals surface area contributed by atoms with Crippen molar-refractivity contribution >= 4 is 31.6 Å². The van der Waals surface area contributed by atoms with Crippen molar-refractivity contribution in [3.63, 3.8) is 0 Å². The lowest BCUT2D eigenvalue weighted by atomic mass is 9.98. The predicted octanol–water partition coefficient (Wildman–Crippen LogP) is 6.60. The zero-order chi connectivity index (χ0) is 41.4. The number of carboxylic acid groups (broad SMARTS) is 2. The molecule has 4 rings (SSSR count). The summed E-state index contributed by atoms with van der Waals surface area (Å²) in [6.07, 6.45) is -10.8. The Hall–Kier alpha value is -5.14. The van der Waals surface area contributed by atoms with Gasteiger partial charge in [-0.25, -0.2) is 26.4 Å². The minimum Gasteiger partial charge on any atom is -0.482 e.